The van der Waals surface area contributed by atoms with Gasteiger partial charge in [0.15, 0.2) is 0 Å². The van der Waals surface area contributed by atoms with Crippen molar-refractivity contribution in [2.45, 2.75) is 45.4 Å². The van der Waals surface area contributed by atoms with Gasteiger partial charge < -0.3 is 14.6 Å². The van der Waals surface area contributed by atoms with Crippen LogP contribution < -0.4 is 5.32 Å². The van der Waals surface area contributed by atoms with Crippen LogP contribution in [0, 0.1) is 5.82 Å². The third kappa shape index (κ3) is 8.61. The summed E-state index contributed by atoms with van der Waals surface area (Å²) >= 11 is 3.12. The lowest BCUT2D eigenvalue weighted by Gasteiger charge is -2.25. The molecule has 10 heteroatoms. The zero-order chi connectivity index (χ0) is 29.4. The van der Waals surface area contributed by atoms with Crippen LogP contribution >= 0.6 is 23.1 Å². The Morgan fingerprint density at radius 1 is 1.17 bits per heavy atom. The molecule has 2 aromatic heterocycles. The summed E-state index contributed by atoms with van der Waals surface area (Å²) in [5, 5.41) is 5.69. The molecule has 0 aliphatic heterocycles. The highest BCUT2D eigenvalue weighted by Gasteiger charge is 2.27. The van der Waals surface area contributed by atoms with Crippen LogP contribution in [0.4, 0.5) is 4.39 Å². The van der Waals surface area contributed by atoms with E-state index in [1.165, 1.54) is 23.5 Å². The first-order valence-corrected chi connectivity index (χ1v) is 15.4. The predicted molar refractivity (Wildman–Crippen MR) is 164 cm³/mol. The second kappa shape index (κ2) is 13.7. The van der Waals surface area contributed by atoms with E-state index in [0.717, 1.165) is 16.1 Å². The SMILES string of the molecule is CSCC[C@H](NC(=O)c1ccc(C=C(Cn2ccnc2)c2nccs2)cc1-c1ccc(F)cc1)C(=O)OC(C)(C)C. The number of allylic oxidation sites excluding steroid dienone is 1. The van der Waals surface area contributed by atoms with Crippen molar-refractivity contribution in [2.24, 2.45) is 0 Å². The molecular formula is C31H33FN4O3S2. The van der Waals surface area contributed by atoms with E-state index in [-0.39, 0.29) is 5.82 Å². The Hall–Kier alpha value is -3.76. The van der Waals surface area contributed by atoms with Gasteiger partial charge in [0.2, 0.25) is 0 Å². The first kappa shape index (κ1) is 30.2. The highest BCUT2D eigenvalue weighted by Crippen LogP contribution is 2.29. The van der Waals surface area contributed by atoms with E-state index in [0.29, 0.717) is 35.4 Å². The molecule has 2 aromatic carbocycles. The number of carbonyl (C=O) groups excluding carboxylic acids is 2. The number of ether oxygens (including phenoxy) is 1. The van der Waals surface area contributed by atoms with Gasteiger partial charge in [0.05, 0.1) is 12.9 Å². The molecule has 1 N–H and O–H groups in total. The summed E-state index contributed by atoms with van der Waals surface area (Å²) in [6.45, 7) is 5.95. The van der Waals surface area contributed by atoms with Crippen LogP contribution in [-0.4, -0.2) is 50.1 Å². The van der Waals surface area contributed by atoms with Crippen LogP contribution in [0.15, 0.2) is 72.8 Å². The number of thiazole rings is 1. The number of esters is 1. The molecule has 0 aliphatic carbocycles. The Morgan fingerprint density at radius 3 is 2.59 bits per heavy atom. The Kier molecular flexibility index (Phi) is 10.1. The Bertz CT molecular complexity index is 1480. The summed E-state index contributed by atoms with van der Waals surface area (Å²) in [7, 11) is 0. The van der Waals surface area contributed by atoms with E-state index in [1.54, 1.807) is 69.5 Å². The van der Waals surface area contributed by atoms with Crippen molar-refractivity contribution >= 4 is 46.6 Å². The standard InChI is InChI=1S/C31H33FN4O3S2/c1-31(2,3)39-30(38)27(11-15-40-4)35-28(37)25-10-5-21(18-26(25)22-6-8-24(32)9-7-22)17-23(29-34-13-16-41-29)19-36-14-12-33-20-36/h5-10,12-14,16-18,20,27H,11,15,19H2,1-4H3,(H,35,37)/t27-/m0/s1. The number of thioether (sulfide) groups is 1. The largest absolute Gasteiger partial charge is 0.458 e. The van der Waals surface area contributed by atoms with Gasteiger partial charge in [0.25, 0.3) is 5.91 Å². The van der Waals surface area contributed by atoms with E-state index in [2.05, 4.69) is 15.3 Å². The minimum Gasteiger partial charge on any atom is -0.458 e. The first-order chi connectivity index (χ1) is 19.6. The number of nitrogens with one attached hydrogen (secondary N) is 1. The average Bonchev–Trinajstić information content (AvgIpc) is 3.65. The second-order valence-electron chi connectivity index (χ2n) is 10.4. The van der Waals surface area contributed by atoms with Crippen molar-refractivity contribution in [3.63, 3.8) is 0 Å². The number of benzene rings is 2. The summed E-state index contributed by atoms with van der Waals surface area (Å²) in [6.07, 6.45) is 11.5. The quantitative estimate of drug-likeness (QED) is 0.198. The minimum absolute atomic E-state index is 0.371. The van der Waals surface area contributed by atoms with E-state index in [9.17, 15) is 14.0 Å². The number of amides is 1. The number of nitrogens with zero attached hydrogens (tertiary/aromatic N) is 3. The monoisotopic (exact) mass is 592 g/mol. The molecule has 214 valence electrons. The van der Waals surface area contributed by atoms with Gasteiger partial charge in [-0.3, -0.25) is 4.79 Å². The van der Waals surface area contributed by atoms with Crippen molar-refractivity contribution < 1.29 is 18.7 Å². The van der Waals surface area contributed by atoms with Crippen LogP contribution in [0.2, 0.25) is 0 Å². The van der Waals surface area contributed by atoms with Gasteiger partial charge in [-0.15, -0.1) is 11.3 Å². The van der Waals surface area contributed by atoms with Crippen LogP contribution in [0.1, 0.15) is 48.1 Å². The molecule has 0 saturated heterocycles. The molecule has 0 bridgehead atoms. The molecule has 41 heavy (non-hydrogen) atoms. The highest BCUT2D eigenvalue weighted by molar-refractivity contribution is 7.98. The minimum atomic E-state index is -0.804. The molecule has 1 amide bonds. The summed E-state index contributed by atoms with van der Waals surface area (Å²) in [4.78, 5) is 35.2. The Labute approximate surface area is 247 Å². The molecule has 1 atom stereocenters. The van der Waals surface area contributed by atoms with Gasteiger partial charge in [0, 0.05) is 35.1 Å². The molecule has 0 saturated carbocycles. The lowest BCUT2D eigenvalue weighted by molar-refractivity contribution is -0.157. The number of rotatable bonds is 11. The third-order valence-electron chi connectivity index (χ3n) is 6.01. The average molecular weight is 593 g/mol. The molecule has 0 unspecified atom stereocenters. The molecule has 0 fully saturated rings. The van der Waals surface area contributed by atoms with E-state index >= 15 is 0 Å². The number of aromatic nitrogens is 3. The molecule has 0 radical (unpaired) electrons. The smallest absolute Gasteiger partial charge is 0.329 e. The molecule has 4 aromatic rings. The maximum Gasteiger partial charge on any atom is 0.329 e. The molecule has 4 rings (SSSR count). The molecule has 0 aliphatic rings. The Morgan fingerprint density at radius 2 is 1.95 bits per heavy atom. The summed E-state index contributed by atoms with van der Waals surface area (Å²) in [5.41, 5.74) is 2.80. The van der Waals surface area contributed by atoms with Crippen LogP contribution in [0.3, 0.4) is 0 Å². The fourth-order valence-electron chi connectivity index (χ4n) is 4.15. The van der Waals surface area contributed by atoms with Crippen molar-refractivity contribution in [3.05, 3.63) is 94.7 Å². The fraction of sp³-hybridized carbons (Fsp3) is 0.290. The maximum atomic E-state index is 13.8. The van der Waals surface area contributed by atoms with Gasteiger partial charge in [-0.1, -0.05) is 18.2 Å². The number of imidazole rings is 1. The lowest BCUT2D eigenvalue weighted by atomic mass is 9.95. The topological polar surface area (TPSA) is 86.1 Å². The summed E-state index contributed by atoms with van der Waals surface area (Å²) in [6, 6.07) is 10.7. The van der Waals surface area contributed by atoms with E-state index < -0.39 is 23.5 Å². The third-order valence-corrected chi connectivity index (χ3v) is 7.50. The van der Waals surface area contributed by atoms with Crippen LogP contribution in [0.25, 0.3) is 22.8 Å². The number of carbonyl (C=O) groups is 2. The Balaban J connectivity index is 1.72. The highest BCUT2D eigenvalue weighted by atomic mass is 32.2. The zero-order valence-corrected chi connectivity index (χ0v) is 25.1. The van der Waals surface area contributed by atoms with Gasteiger partial charge in [-0.25, -0.2) is 19.2 Å². The normalized spacial score (nSPS) is 12.7. The van der Waals surface area contributed by atoms with Gasteiger partial charge in [-0.2, -0.15) is 11.8 Å². The summed E-state index contributed by atoms with van der Waals surface area (Å²) in [5.74, 6) is -0.579. The molecular weight excluding hydrogens is 559 g/mol. The van der Waals surface area contributed by atoms with Gasteiger partial charge in [-0.05, 0) is 86.2 Å². The van der Waals surface area contributed by atoms with Crippen LogP contribution in [0.5, 0.6) is 0 Å². The molecule has 0 spiro atoms. The summed E-state index contributed by atoms with van der Waals surface area (Å²) < 4.78 is 21.3. The van der Waals surface area contributed by atoms with Crippen molar-refractivity contribution in [2.75, 3.05) is 12.0 Å². The maximum absolute atomic E-state index is 13.8. The van der Waals surface area contributed by atoms with Gasteiger partial charge >= 0.3 is 5.97 Å². The number of halogens is 1. The first-order valence-electron chi connectivity index (χ1n) is 13.1. The van der Waals surface area contributed by atoms with E-state index in [1.807, 2.05) is 40.6 Å². The van der Waals surface area contributed by atoms with Crippen molar-refractivity contribution in [1.82, 2.24) is 19.9 Å². The van der Waals surface area contributed by atoms with Crippen molar-refractivity contribution in [1.29, 1.82) is 0 Å². The predicted octanol–water partition coefficient (Wildman–Crippen LogP) is 6.58. The second-order valence-corrected chi connectivity index (χ2v) is 12.3. The van der Waals surface area contributed by atoms with Gasteiger partial charge in [0.1, 0.15) is 22.5 Å². The number of hydrogen-bond acceptors (Lipinski definition) is 7. The molecule has 2 heterocycles. The lowest BCUT2D eigenvalue weighted by Crippen LogP contribution is -2.44. The van der Waals surface area contributed by atoms with Crippen molar-refractivity contribution in [3.8, 4) is 11.1 Å². The zero-order valence-electron chi connectivity index (χ0n) is 23.5. The fourth-order valence-corrected chi connectivity index (χ4v) is 5.27. The number of hydrogen-bond donors (Lipinski definition) is 1. The molecule has 7 nitrogen and oxygen atoms in total. The van der Waals surface area contributed by atoms with E-state index in [4.69, 9.17) is 4.74 Å². The van der Waals surface area contributed by atoms with Crippen LogP contribution in [-0.2, 0) is 16.1 Å².